The van der Waals surface area contributed by atoms with Crippen LogP contribution in [0.25, 0.3) is 10.9 Å². The molecule has 2 heterocycles. The third-order valence-electron chi connectivity index (χ3n) is 4.28. The van der Waals surface area contributed by atoms with Crippen molar-refractivity contribution in [2.75, 3.05) is 19.6 Å². The molecular formula is C17H22N2O. The number of hydrogen-bond donors (Lipinski definition) is 1. The lowest BCUT2D eigenvalue weighted by Crippen LogP contribution is -2.38. The smallest absolute Gasteiger partial charge is 0.179 e. The van der Waals surface area contributed by atoms with Crippen LogP contribution >= 0.6 is 0 Å². The number of piperidine rings is 1. The van der Waals surface area contributed by atoms with Gasteiger partial charge in [0.25, 0.3) is 0 Å². The van der Waals surface area contributed by atoms with E-state index in [1.807, 2.05) is 31.2 Å². The Morgan fingerprint density at radius 1 is 1.40 bits per heavy atom. The number of aryl methyl sites for hydroxylation is 1. The highest BCUT2D eigenvalue weighted by Crippen LogP contribution is 2.23. The zero-order valence-corrected chi connectivity index (χ0v) is 12.3. The molecule has 106 valence electrons. The number of carbonyl (C=O) groups is 1. The molecule has 20 heavy (non-hydrogen) atoms. The Kier molecular flexibility index (Phi) is 3.62. The highest BCUT2D eigenvalue weighted by molar-refractivity contribution is 6.10. The van der Waals surface area contributed by atoms with Crippen LogP contribution in [0.3, 0.4) is 0 Å². The quantitative estimate of drug-likeness (QED) is 0.868. The largest absolute Gasteiger partial charge is 0.358 e. The van der Waals surface area contributed by atoms with Crippen molar-refractivity contribution >= 4 is 16.7 Å². The van der Waals surface area contributed by atoms with Crippen LogP contribution in [0.15, 0.2) is 24.3 Å². The molecule has 3 nitrogen and oxygen atoms in total. The fourth-order valence-electron chi connectivity index (χ4n) is 3.35. The zero-order chi connectivity index (χ0) is 14.1. The molecule has 1 atom stereocenters. The monoisotopic (exact) mass is 270 g/mol. The summed E-state index contributed by atoms with van der Waals surface area (Å²) in [4.78, 5) is 18.3. The van der Waals surface area contributed by atoms with Gasteiger partial charge in [-0.2, -0.15) is 0 Å². The van der Waals surface area contributed by atoms with Crippen LogP contribution in [0.5, 0.6) is 0 Å². The summed E-state index contributed by atoms with van der Waals surface area (Å²) in [5.41, 5.74) is 2.92. The molecular weight excluding hydrogens is 248 g/mol. The SMILES string of the molecule is Cc1[nH]c2ccccc2c1C(=O)CN1CCC[C@H](C)C1. The molecule has 1 aromatic heterocycles. The number of Topliss-reactive ketones (excluding diaryl/α,β-unsaturated/α-hetero) is 1. The number of likely N-dealkylation sites (tertiary alicyclic amines) is 1. The van der Waals surface area contributed by atoms with Gasteiger partial charge >= 0.3 is 0 Å². The molecule has 0 unspecified atom stereocenters. The summed E-state index contributed by atoms with van der Waals surface area (Å²) in [6.45, 7) is 6.91. The van der Waals surface area contributed by atoms with E-state index in [0.29, 0.717) is 12.5 Å². The van der Waals surface area contributed by atoms with Gasteiger partial charge in [0, 0.05) is 28.7 Å². The summed E-state index contributed by atoms with van der Waals surface area (Å²) in [7, 11) is 0. The normalized spacial score (nSPS) is 20.4. The number of aromatic amines is 1. The van der Waals surface area contributed by atoms with Gasteiger partial charge in [-0.1, -0.05) is 25.1 Å². The third kappa shape index (κ3) is 2.50. The zero-order valence-electron chi connectivity index (χ0n) is 12.3. The number of carbonyl (C=O) groups excluding carboxylic acids is 1. The number of rotatable bonds is 3. The number of aromatic nitrogens is 1. The van der Waals surface area contributed by atoms with E-state index >= 15 is 0 Å². The van der Waals surface area contributed by atoms with Gasteiger partial charge in [-0.25, -0.2) is 0 Å². The molecule has 0 amide bonds. The molecule has 0 saturated carbocycles. The Morgan fingerprint density at radius 3 is 3.00 bits per heavy atom. The van der Waals surface area contributed by atoms with E-state index < -0.39 is 0 Å². The number of hydrogen-bond acceptors (Lipinski definition) is 2. The van der Waals surface area contributed by atoms with E-state index in [1.165, 1.54) is 12.8 Å². The van der Waals surface area contributed by atoms with E-state index in [2.05, 4.69) is 16.8 Å². The summed E-state index contributed by atoms with van der Waals surface area (Å²) in [5, 5.41) is 1.06. The molecule has 3 rings (SSSR count). The molecule has 1 aliphatic rings. The third-order valence-corrected chi connectivity index (χ3v) is 4.28. The molecule has 2 aromatic rings. The molecule has 1 N–H and O–H groups in total. The Morgan fingerprint density at radius 2 is 2.20 bits per heavy atom. The second-order valence-electron chi connectivity index (χ2n) is 6.08. The minimum Gasteiger partial charge on any atom is -0.358 e. The average molecular weight is 270 g/mol. The van der Waals surface area contributed by atoms with Gasteiger partial charge in [0.2, 0.25) is 0 Å². The van der Waals surface area contributed by atoms with Gasteiger partial charge in [0.05, 0.1) is 6.54 Å². The molecule has 1 aliphatic heterocycles. The molecule has 0 spiro atoms. The lowest BCUT2D eigenvalue weighted by Gasteiger charge is -2.30. The molecule has 0 radical (unpaired) electrons. The highest BCUT2D eigenvalue weighted by Gasteiger charge is 2.22. The Balaban J connectivity index is 1.83. The van der Waals surface area contributed by atoms with Gasteiger partial charge < -0.3 is 4.98 Å². The number of nitrogens with one attached hydrogen (secondary N) is 1. The second-order valence-corrected chi connectivity index (χ2v) is 6.08. The Bertz CT molecular complexity index is 629. The van der Waals surface area contributed by atoms with E-state index in [1.54, 1.807) is 0 Å². The summed E-state index contributed by atoms with van der Waals surface area (Å²) in [6.07, 6.45) is 2.50. The van der Waals surface area contributed by atoms with Crippen molar-refractivity contribution in [3.63, 3.8) is 0 Å². The minimum absolute atomic E-state index is 0.244. The predicted octanol–water partition coefficient (Wildman–Crippen LogP) is 3.39. The first-order valence-corrected chi connectivity index (χ1v) is 7.48. The van der Waals surface area contributed by atoms with Crippen molar-refractivity contribution in [1.29, 1.82) is 0 Å². The lowest BCUT2D eigenvalue weighted by atomic mass is 9.99. The van der Waals surface area contributed by atoms with Gasteiger partial charge in [-0.15, -0.1) is 0 Å². The molecule has 0 aliphatic carbocycles. The highest BCUT2D eigenvalue weighted by atomic mass is 16.1. The van der Waals surface area contributed by atoms with Gasteiger partial charge in [0.15, 0.2) is 5.78 Å². The summed E-state index contributed by atoms with van der Waals surface area (Å²) >= 11 is 0. The van der Waals surface area contributed by atoms with Crippen LogP contribution in [0.1, 0.15) is 35.8 Å². The van der Waals surface area contributed by atoms with Crippen molar-refractivity contribution in [1.82, 2.24) is 9.88 Å². The summed E-state index contributed by atoms with van der Waals surface area (Å²) < 4.78 is 0. The maximum atomic E-state index is 12.7. The molecule has 3 heteroatoms. The first kappa shape index (κ1) is 13.4. The fourth-order valence-corrected chi connectivity index (χ4v) is 3.35. The van der Waals surface area contributed by atoms with Crippen LogP contribution in [0, 0.1) is 12.8 Å². The Labute approximate surface area is 120 Å². The fraction of sp³-hybridized carbons (Fsp3) is 0.471. The van der Waals surface area contributed by atoms with Crippen molar-refractivity contribution in [2.45, 2.75) is 26.7 Å². The predicted molar refractivity (Wildman–Crippen MR) is 82.2 cm³/mol. The standard InChI is InChI=1S/C17H22N2O/c1-12-6-5-9-19(10-12)11-16(20)17-13(2)18-15-8-4-3-7-14(15)17/h3-4,7-8,12,18H,5-6,9-11H2,1-2H3/t12-/m0/s1. The number of ketones is 1. The summed E-state index contributed by atoms with van der Waals surface area (Å²) in [5.74, 6) is 0.953. The number of H-pyrrole nitrogens is 1. The summed E-state index contributed by atoms with van der Waals surface area (Å²) in [6, 6.07) is 8.06. The van der Waals surface area contributed by atoms with Crippen molar-refractivity contribution in [2.24, 2.45) is 5.92 Å². The molecule has 1 saturated heterocycles. The van der Waals surface area contributed by atoms with Gasteiger partial charge in [-0.3, -0.25) is 9.69 Å². The van der Waals surface area contributed by atoms with Gasteiger partial charge in [0.1, 0.15) is 0 Å². The first-order valence-electron chi connectivity index (χ1n) is 7.48. The van der Waals surface area contributed by atoms with Crippen LogP contribution in [-0.2, 0) is 0 Å². The van der Waals surface area contributed by atoms with Gasteiger partial charge in [-0.05, 0) is 38.3 Å². The topological polar surface area (TPSA) is 36.1 Å². The van der Waals surface area contributed by atoms with Crippen LogP contribution in [0.2, 0.25) is 0 Å². The van der Waals surface area contributed by atoms with E-state index in [9.17, 15) is 4.79 Å². The lowest BCUT2D eigenvalue weighted by molar-refractivity contribution is 0.0894. The van der Waals surface area contributed by atoms with E-state index in [4.69, 9.17) is 0 Å². The van der Waals surface area contributed by atoms with Crippen molar-refractivity contribution in [3.05, 3.63) is 35.5 Å². The Hall–Kier alpha value is -1.61. The van der Waals surface area contributed by atoms with E-state index in [-0.39, 0.29) is 5.78 Å². The number of nitrogens with zero attached hydrogens (tertiary/aromatic N) is 1. The van der Waals surface area contributed by atoms with Crippen molar-refractivity contribution < 1.29 is 4.79 Å². The van der Waals surface area contributed by atoms with Crippen molar-refractivity contribution in [3.8, 4) is 0 Å². The molecule has 1 fully saturated rings. The average Bonchev–Trinajstić information content (AvgIpc) is 2.74. The first-order chi connectivity index (χ1) is 9.65. The number of para-hydroxylation sites is 1. The molecule has 0 bridgehead atoms. The second kappa shape index (κ2) is 5.41. The number of benzene rings is 1. The minimum atomic E-state index is 0.244. The number of fused-ring (bicyclic) bond motifs is 1. The maximum Gasteiger partial charge on any atom is 0.179 e. The maximum absolute atomic E-state index is 12.7. The van der Waals surface area contributed by atoms with Crippen LogP contribution in [0.4, 0.5) is 0 Å². The van der Waals surface area contributed by atoms with Crippen LogP contribution in [-0.4, -0.2) is 35.3 Å². The molecule has 1 aromatic carbocycles. The van der Waals surface area contributed by atoms with Crippen LogP contribution < -0.4 is 0 Å². The van der Waals surface area contributed by atoms with E-state index in [0.717, 1.165) is 35.2 Å².